The highest BCUT2D eigenvalue weighted by molar-refractivity contribution is 14.1. The molecule has 0 bridgehead atoms. The molecule has 0 amide bonds. The van der Waals surface area contributed by atoms with Gasteiger partial charge in [0.05, 0.1) is 12.7 Å². The molecule has 5 heteroatoms. The lowest BCUT2D eigenvalue weighted by Gasteiger charge is -2.04. The molecule has 0 aromatic heterocycles. The molecule has 0 fully saturated rings. The maximum Gasteiger partial charge on any atom is 0.339 e. The Morgan fingerprint density at radius 2 is 2.23 bits per heavy atom. The molecule has 0 saturated heterocycles. The third kappa shape index (κ3) is 2.57. The largest absolute Gasteiger partial charge is 0.465 e. The number of methoxy groups -OCH3 is 1. The smallest absolute Gasteiger partial charge is 0.339 e. The van der Waals surface area contributed by atoms with Gasteiger partial charge in [0.1, 0.15) is 0 Å². The summed E-state index contributed by atoms with van der Waals surface area (Å²) in [6, 6.07) is 3.33. The van der Waals surface area contributed by atoms with Crippen molar-refractivity contribution in [1.29, 1.82) is 0 Å². The van der Waals surface area contributed by atoms with Crippen LogP contribution in [0.2, 0.25) is 5.02 Å². The Balaban J connectivity index is 3.28. The maximum atomic E-state index is 11.2. The van der Waals surface area contributed by atoms with E-state index in [1.807, 2.05) is 0 Å². The molecule has 0 saturated carbocycles. The fourth-order valence-corrected chi connectivity index (χ4v) is 2.23. The van der Waals surface area contributed by atoms with Crippen LogP contribution in [0.1, 0.15) is 10.4 Å². The van der Waals surface area contributed by atoms with Crippen LogP contribution in [0, 0.1) is 3.57 Å². The Labute approximate surface area is 103 Å². The van der Waals surface area contributed by atoms with Crippen molar-refractivity contribution in [3.8, 4) is 0 Å². The second-order valence-corrected chi connectivity index (χ2v) is 4.63. The van der Waals surface area contributed by atoms with Gasteiger partial charge in [0.15, 0.2) is 0 Å². The first-order chi connectivity index (χ1) is 6.06. The van der Waals surface area contributed by atoms with Gasteiger partial charge >= 0.3 is 5.97 Å². The van der Waals surface area contributed by atoms with E-state index in [2.05, 4.69) is 43.3 Å². The molecule has 0 aliphatic carbocycles. The molecule has 0 aliphatic heterocycles. The van der Waals surface area contributed by atoms with Crippen molar-refractivity contribution in [3.05, 3.63) is 30.8 Å². The molecule has 0 unspecified atom stereocenters. The average Bonchev–Trinajstić information content (AvgIpc) is 2.10. The molecule has 13 heavy (non-hydrogen) atoms. The summed E-state index contributed by atoms with van der Waals surface area (Å²) in [6.45, 7) is 0. The van der Waals surface area contributed by atoms with Crippen LogP contribution in [-0.2, 0) is 4.74 Å². The second kappa shape index (κ2) is 4.61. The molecular formula is C8H5BrClIO2. The summed E-state index contributed by atoms with van der Waals surface area (Å²) in [6.07, 6.45) is 0. The van der Waals surface area contributed by atoms with Gasteiger partial charge in [-0.05, 0) is 50.7 Å². The maximum absolute atomic E-state index is 11.2. The van der Waals surface area contributed by atoms with Crippen LogP contribution >= 0.6 is 50.1 Å². The van der Waals surface area contributed by atoms with E-state index in [-0.39, 0.29) is 0 Å². The molecule has 70 valence electrons. The first kappa shape index (κ1) is 11.3. The fraction of sp³-hybridized carbons (Fsp3) is 0.125. The third-order valence-electron chi connectivity index (χ3n) is 1.40. The second-order valence-electron chi connectivity index (χ2n) is 2.24. The molecule has 0 aliphatic rings. The molecule has 0 atom stereocenters. The summed E-state index contributed by atoms with van der Waals surface area (Å²) in [5.41, 5.74) is 0.444. The van der Waals surface area contributed by atoms with Gasteiger partial charge in [0, 0.05) is 13.1 Å². The number of halogens is 3. The number of hydrogen-bond acceptors (Lipinski definition) is 2. The van der Waals surface area contributed by atoms with E-state index in [0.717, 1.165) is 3.57 Å². The van der Waals surface area contributed by atoms with Crippen LogP contribution in [0.15, 0.2) is 16.6 Å². The van der Waals surface area contributed by atoms with Crippen LogP contribution < -0.4 is 0 Å². The van der Waals surface area contributed by atoms with Gasteiger partial charge in [-0.15, -0.1) is 0 Å². The first-order valence-electron chi connectivity index (χ1n) is 3.29. The molecule has 0 spiro atoms. The minimum absolute atomic E-state index is 0.396. The van der Waals surface area contributed by atoms with Gasteiger partial charge in [-0.25, -0.2) is 4.79 Å². The van der Waals surface area contributed by atoms with E-state index in [9.17, 15) is 4.79 Å². The molecule has 0 radical (unpaired) electrons. The van der Waals surface area contributed by atoms with Gasteiger partial charge in [-0.3, -0.25) is 0 Å². The van der Waals surface area contributed by atoms with Gasteiger partial charge in [0.2, 0.25) is 0 Å². The Kier molecular flexibility index (Phi) is 4.00. The Hall–Kier alpha value is 0.190. The van der Waals surface area contributed by atoms with E-state index in [1.165, 1.54) is 7.11 Å². The topological polar surface area (TPSA) is 26.3 Å². The Morgan fingerprint density at radius 1 is 1.62 bits per heavy atom. The van der Waals surface area contributed by atoms with E-state index >= 15 is 0 Å². The number of benzene rings is 1. The first-order valence-corrected chi connectivity index (χ1v) is 5.54. The number of rotatable bonds is 1. The summed E-state index contributed by atoms with van der Waals surface area (Å²) >= 11 is 11.2. The third-order valence-corrected chi connectivity index (χ3v) is 4.06. The summed E-state index contributed by atoms with van der Waals surface area (Å²) < 4.78 is 6.19. The van der Waals surface area contributed by atoms with Gasteiger partial charge in [0.25, 0.3) is 0 Å². The van der Waals surface area contributed by atoms with Crippen molar-refractivity contribution < 1.29 is 9.53 Å². The van der Waals surface area contributed by atoms with Gasteiger partial charge in [-0.1, -0.05) is 11.6 Å². The van der Waals surface area contributed by atoms with Crippen molar-refractivity contribution in [2.45, 2.75) is 0 Å². The van der Waals surface area contributed by atoms with Crippen molar-refractivity contribution in [2.75, 3.05) is 7.11 Å². The Morgan fingerprint density at radius 3 is 2.77 bits per heavy atom. The highest BCUT2D eigenvalue weighted by Gasteiger charge is 2.13. The molecule has 2 nitrogen and oxygen atoms in total. The minimum atomic E-state index is -0.396. The van der Waals surface area contributed by atoms with E-state index in [1.54, 1.807) is 12.1 Å². The lowest BCUT2D eigenvalue weighted by molar-refractivity contribution is 0.0599. The zero-order chi connectivity index (χ0) is 10.0. The van der Waals surface area contributed by atoms with E-state index in [0.29, 0.717) is 15.1 Å². The van der Waals surface area contributed by atoms with E-state index < -0.39 is 5.97 Å². The van der Waals surface area contributed by atoms with Crippen molar-refractivity contribution in [3.63, 3.8) is 0 Å². The van der Waals surface area contributed by atoms with Crippen LogP contribution in [0.5, 0.6) is 0 Å². The monoisotopic (exact) mass is 374 g/mol. The minimum Gasteiger partial charge on any atom is -0.465 e. The standard InChI is InChI=1S/C8H5BrClIO2/c1-13-8(12)5-2-4(10)3-6(11)7(5)9/h2-3H,1H3. The lowest BCUT2D eigenvalue weighted by Crippen LogP contribution is -2.03. The van der Waals surface area contributed by atoms with Crippen LogP contribution in [0.25, 0.3) is 0 Å². The van der Waals surface area contributed by atoms with Crippen LogP contribution in [0.3, 0.4) is 0 Å². The van der Waals surface area contributed by atoms with Crippen molar-refractivity contribution in [1.82, 2.24) is 0 Å². The number of esters is 1. The zero-order valence-electron chi connectivity index (χ0n) is 6.61. The van der Waals surface area contributed by atoms with E-state index in [4.69, 9.17) is 11.6 Å². The summed E-state index contributed by atoms with van der Waals surface area (Å²) in [7, 11) is 1.34. The zero-order valence-corrected chi connectivity index (χ0v) is 11.1. The Bertz CT molecular complexity index is 354. The number of ether oxygens (including phenoxy) is 1. The number of hydrogen-bond donors (Lipinski definition) is 0. The highest BCUT2D eigenvalue weighted by Crippen LogP contribution is 2.27. The number of carbonyl (C=O) groups is 1. The summed E-state index contributed by atoms with van der Waals surface area (Å²) in [5, 5.41) is 0.521. The summed E-state index contributed by atoms with van der Waals surface area (Å²) in [5.74, 6) is -0.396. The quantitative estimate of drug-likeness (QED) is 0.427. The SMILES string of the molecule is COC(=O)c1cc(Cl)cc(I)c1Br. The molecule has 0 heterocycles. The van der Waals surface area contributed by atoms with Gasteiger partial charge in [-0.2, -0.15) is 0 Å². The van der Waals surface area contributed by atoms with Crippen molar-refractivity contribution >= 4 is 56.1 Å². The molecule has 1 rings (SSSR count). The molecule has 0 N–H and O–H groups in total. The fourth-order valence-electron chi connectivity index (χ4n) is 0.814. The normalized spacial score (nSPS) is 9.85. The number of carbonyl (C=O) groups excluding carboxylic acids is 1. The predicted molar refractivity (Wildman–Crippen MR) is 63.2 cm³/mol. The highest BCUT2D eigenvalue weighted by atomic mass is 127. The van der Waals surface area contributed by atoms with Crippen LogP contribution in [0.4, 0.5) is 0 Å². The predicted octanol–water partition coefficient (Wildman–Crippen LogP) is 3.49. The molecular weight excluding hydrogens is 370 g/mol. The van der Waals surface area contributed by atoms with Crippen LogP contribution in [-0.4, -0.2) is 13.1 Å². The molecule has 1 aromatic carbocycles. The summed E-state index contributed by atoms with van der Waals surface area (Å²) in [4.78, 5) is 11.2. The van der Waals surface area contributed by atoms with Crippen molar-refractivity contribution in [2.24, 2.45) is 0 Å². The molecule has 1 aromatic rings. The average molecular weight is 375 g/mol. The lowest BCUT2D eigenvalue weighted by atomic mass is 10.2. The van der Waals surface area contributed by atoms with Gasteiger partial charge < -0.3 is 4.74 Å².